The molecular weight excluding hydrogens is 352 g/mol. The van der Waals surface area contributed by atoms with Crippen molar-refractivity contribution in [2.45, 2.75) is 52.7 Å². The van der Waals surface area contributed by atoms with Crippen LogP contribution in [0.4, 0.5) is 21.0 Å². The van der Waals surface area contributed by atoms with E-state index >= 15 is 0 Å². The minimum Gasteiger partial charge on any atom is -0.478 e. The number of carboxylic acids is 1. The third kappa shape index (κ3) is 9.29. The van der Waals surface area contributed by atoms with Crippen molar-refractivity contribution < 1.29 is 29.0 Å². The van der Waals surface area contributed by atoms with E-state index in [0.717, 1.165) is 6.08 Å². The van der Waals surface area contributed by atoms with Gasteiger partial charge in [-0.2, -0.15) is 0 Å². The van der Waals surface area contributed by atoms with Crippen LogP contribution in [-0.2, 0) is 14.3 Å². The van der Waals surface area contributed by atoms with Crippen molar-refractivity contribution in [3.63, 3.8) is 0 Å². The van der Waals surface area contributed by atoms with E-state index in [9.17, 15) is 14.4 Å². The fourth-order valence-corrected chi connectivity index (χ4v) is 1.89. The molecule has 3 N–H and O–H groups in total. The van der Waals surface area contributed by atoms with E-state index in [2.05, 4.69) is 10.6 Å². The summed E-state index contributed by atoms with van der Waals surface area (Å²) in [4.78, 5) is 34.7. The largest absolute Gasteiger partial charge is 0.478 e. The molecule has 1 rings (SSSR count). The van der Waals surface area contributed by atoms with E-state index in [0.29, 0.717) is 16.9 Å². The summed E-state index contributed by atoms with van der Waals surface area (Å²) >= 11 is 0. The van der Waals surface area contributed by atoms with Gasteiger partial charge in [0, 0.05) is 17.3 Å². The molecule has 1 aromatic carbocycles. The first-order chi connectivity index (χ1) is 12.2. The molecule has 0 radical (unpaired) electrons. The molecule has 8 nitrogen and oxygen atoms in total. The van der Waals surface area contributed by atoms with Gasteiger partial charge in [-0.1, -0.05) is 0 Å². The summed E-state index contributed by atoms with van der Waals surface area (Å²) in [5.74, 6) is -1.15. The first-order valence-electron chi connectivity index (χ1n) is 8.30. The Morgan fingerprint density at radius 1 is 0.926 bits per heavy atom. The van der Waals surface area contributed by atoms with Gasteiger partial charge in [0.2, 0.25) is 0 Å². The Labute approximate surface area is 158 Å². The first kappa shape index (κ1) is 22.0. The number of amides is 2. The second kappa shape index (κ2) is 8.57. The van der Waals surface area contributed by atoms with Crippen LogP contribution in [0.2, 0.25) is 0 Å². The van der Waals surface area contributed by atoms with Gasteiger partial charge in [0.1, 0.15) is 11.2 Å². The summed E-state index contributed by atoms with van der Waals surface area (Å²) in [6.45, 7) is 10.4. The van der Waals surface area contributed by atoms with Gasteiger partial charge in [-0.05, 0) is 65.8 Å². The monoisotopic (exact) mass is 378 g/mol. The zero-order valence-corrected chi connectivity index (χ0v) is 16.4. The Morgan fingerprint density at radius 2 is 1.44 bits per heavy atom. The number of benzene rings is 1. The molecule has 0 heterocycles. The van der Waals surface area contributed by atoms with Crippen LogP contribution in [0, 0.1) is 0 Å². The van der Waals surface area contributed by atoms with E-state index in [4.69, 9.17) is 14.6 Å². The zero-order chi connectivity index (χ0) is 20.8. The molecular formula is C19H26N2O6. The normalized spacial score (nSPS) is 11.8. The lowest BCUT2D eigenvalue weighted by Gasteiger charge is -2.21. The molecule has 0 aliphatic heterocycles. The molecule has 0 aromatic heterocycles. The summed E-state index contributed by atoms with van der Waals surface area (Å²) in [5, 5.41) is 14.0. The molecule has 8 heteroatoms. The number of carbonyl (C=O) groups is 3. The molecule has 0 saturated carbocycles. The predicted octanol–water partition coefficient (Wildman–Crippen LogP) is 4.48. The summed E-state index contributed by atoms with van der Waals surface area (Å²) < 4.78 is 10.4. The van der Waals surface area contributed by atoms with Gasteiger partial charge < -0.3 is 14.6 Å². The number of anilines is 2. The molecule has 148 valence electrons. The van der Waals surface area contributed by atoms with Crippen molar-refractivity contribution >= 4 is 35.6 Å². The van der Waals surface area contributed by atoms with E-state index in [1.807, 2.05) is 0 Å². The first-order valence-corrected chi connectivity index (χ1v) is 8.30. The van der Waals surface area contributed by atoms with Crippen LogP contribution in [0.25, 0.3) is 6.08 Å². The molecule has 27 heavy (non-hydrogen) atoms. The molecule has 0 aliphatic rings. The van der Waals surface area contributed by atoms with Gasteiger partial charge >= 0.3 is 18.2 Å². The van der Waals surface area contributed by atoms with Gasteiger partial charge in [0.25, 0.3) is 0 Å². The molecule has 0 bridgehead atoms. The Bertz CT molecular complexity index is 742. The van der Waals surface area contributed by atoms with Gasteiger partial charge in [0.15, 0.2) is 0 Å². The predicted molar refractivity (Wildman–Crippen MR) is 103 cm³/mol. The van der Waals surface area contributed by atoms with Crippen molar-refractivity contribution in [1.82, 2.24) is 0 Å². The van der Waals surface area contributed by atoms with Crippen LogP contribution in [0.1, 0.15) is 47.1 Å². The van der Waals surface area contributed by atoms with Crippen LogP contribution in [0.15, 0.2) is 24.3 Å². The Kier molecular flexibility index (Phi) is 6.99. The highest BCUT2D eigenvalue weighted by Crippen LogP contribution is 2.24. The SMILES string of the molecule is CC(C)(C)OC(=O)Nc1ccc(NC(=O)OC(C)(C)C)c(C=CC(=O)O)c1. The summed E-state index contributed by atoms with van der Waals surface area (Å²) in [6, 6.07) is 4.59. The fourth-order valence-electron chi connectivity index (χ4n) is 1.89. The topological polar surface area (TPSA) is 114 Å². The molecule has 0 saturated heterocycles. The maximum absolute atomic E-state index is 12.0. The highest BCUT2D eigenvalue weighted by atomic mass is 16.6. The lowest BCUT2D eigenvalue weighted by atomic mass is 10.1. The molecule has 0 fully saturated rings. The summed E-state index contributed by atoms with van der Waals surface area (Å²) in [7, 11) is 0. The van der Waals surface area contributed by atoms with E-state index < -0.39 is 29.4 Å². The number of carbonyl (C=O) groups excluding carboxylic acids is 2. The van der Waals surface area contributed by atoms with E-state index in [1.54, 1.807) is 47.6 Å². The second-order valence-corrected chi connectivity index (χ2v) is 7.73. The number of hydrogen-bond acceptors (Lipinski definition) is 5. The standard InChI is InChI=1S/C19H26N2O6/c1-18(2,3)26-16(24)20-13-8-9-14(12(11-13)7-10-15(22)23)21-17(25)27-19(4,5)6/h7-11H,1-6H3,(H,20,24)(H,21,25)(H,22,23). The lowest BCUT2D eigenvalue weighted by molar-refractivity contribution is -0.131. The molecule has 2 amide bonds. The highest BCUT2D eigenvalue weighted by Gasteiger charge is 2.18. The number of nitrogens with one attached hydrogen (secondary N) is 2. The Balaban J connectivity index is 3.05. The van der Waals surface area contributed by atoms with Crippen LogP contribution in [0.3, 0.4) is 0 Å². The van der Waals surface area contributed by atoms with Gasteiger partial charge in [-0.3, -0.25) is 10.6 Å². The molecule has 0 spiro atoms. The quantitative estimate of drug-likeness (QED) is 0.666. The molecule has 0 unspecified atom stereocenters. The van der Waals surface area contributed by atoms with Crippen LogP contribution in [-0.4, -0.2) is 34.5 Å². The van der Waals surface area contributed by atoms with Crippen LogP contribution >= 0.6 is 0 Å². The van der Waals surface area contributed by atoms with Crippen LogP contribution < -0.4 is 10.6 Å². The van der Waals surface area contributed by atoms with Crippen molar-refractivity contribution in [1.29, 1.82) is 0 Å². The van der Waals surface area contributed by atoms with Crippen molar-refractivity contribution in [3.8, 4) is 0 Å². The average Bonchev–Trinajstić information content (AvgIpc) is 2.43. The lowest BCUT2D eigenvalue weighted by Crippen LogP contribution is -2.28. The molecule has 0 atom stereocenters. The van der Waals surface area contributed by atoms with E-state index in [1.165, 1.54) is 18.2 Å². The van der Waals surface area contributed by atoms with Gasteiger partial charge in [0.05, 0.1) is 5.69 Å². The van der Waals surface area contributed by atoms with Gasteiger partial charge in [-0.25, -0.2) is 14.4 Å². The van der Waals surface area contributed by atoms with Crippen molar-refractivity contribution in [2.75, 3.05) is 10.6 Å². The minimum absolute atomic E-state index is 0.330. The number of rotatable bonds is 4. The van der Waals surface area contributed by atoms with Crippen molar-refractivity contribution in [3.05, 3.63) is 29.8 Å². The molecule has 1 aromatic rings. The highest BCUT2D eigenvalue weighted by molar-refractivity contribution is 5.93. The number of carboxylic acid groups (broad SMARTS) is 1. The smallest absolute Gasteiger partial charge is 0.412 e. The maximum atomic E-state index is 12.0. The number of aliphatic carboxylic acids is 1. The van der Waals surface area contributed by atoms with Gasteiger partial charge in [-0.15, -0.1) is 0 Å². The Hall–Kier alpha value is -3.03. The Morgan fingerprint density at radius 3 is 1.93 bits per heavy atom. The summed E-state index contributed by atoms with van der Waals surface area (Å²) in [5.41, 5.74) is -0.259. The number of hydrogen-bond donors (Lipinski definition) is 3. The van der Waals surface area contributed by atoms with E-state index in [-0.39, 0.29) is 0 Å². The fraction of sp³-hybridized carbons (Fsp3) is 0.421. The zero-order valence-electron chi connectivity index (χ0n) is 16.4. The second-order valence-electron chi connectivity index (χ2n) is 7.73. The van der Waals surface area contributed by atoms with Crippen molar-refractivity contribution in [2.24, 2.45) is 0 Å². The third-order valence-electron chi connectivity index (χ3n) is 2.74. The van der Waals surface area contributed by atoms with Crippen LogP contribution in [0.5, 0.6) is 0 Å². The maximum Gasteiger partial charge on any atom is 0.412 e. The molecule has 0 aliphatic carbocycles. The summed E-state index contributed by atoms with van der Waals surface area (Å²) in [6.07, 6.45) is 0.895. The average molecular weight is 378 g/mol. The third-order valence-corrected chi connectivity index (χ3v) is 2.74. The minimum atomic E-state index is -1.15. The number of ether oxygens (including phenoxy) is 2.